The zero-order chi connectivity index (χ0) is 12.1. The van der Waals surface area contributed by atoms with Crippen molar-refractivity contribution >= 4 is 11.4 Å². The summed E-state index contributed by atoms with van der Waals surface area (Å²) in [5.74, 6) is 0. The van der Waals surface area contributed by atoms with Crippen molar-refractivity contribution in [3.8, 4) is 0 Å². The van der Waals surface area contributed by atoms with Crippen molar-refractivity contribution < 1.29 is 4.74 Å². The van der Waals surface area contributed by atoms with Crippen LogP contribution in [0, 0.1) is 0 Å². The smallest absolute Gasteiger partial charge is 0.0594 e. The first-order valence-corrected chi connectivity index (χ1v) is 6.16. The molecule has 0 aromatic heterocycles. The molecule has 0 bridgehead atoms. The minimum atomic E-state index is 0.428. The van der Waals surface area contributed by atoms with Crippen molar-refractivity contribution in [3.05, 3.63) is 24.3 Å². The van der Waals surface area contributed by atoms with Gasteiger partial charge in [0.05, 0.1) is 13.2 Å². The van der Waals surface area contributed by atoms with Crippen LogP contribution in [0.1, 0.15) is 6.92 Å². The molecule has 3 N–H and O–H groups in total. The summed E-state index contributed by atoms with van der Waals surface area (Å²) in [7, 11) is 0. The second-order valence-corrected chi connectivity index (χ2v) is 4.58. The summed E-state index contributed by atoms with van der Waals surface area (Å²) in [5, 5.41) is 3.48. The number of hydrogen-bond donors (Lipinski definition) is 2. The van der Waals surface area contributed by atoms with E-state index in [2.05, 4.69) is 17.1 Å². The quantitative estimate of drug-likeness (QED) is 0.775. The maximum Gasteiger partial charge on any atom is 0.0594 e. The second kappa shape index (κ2) is 5.89. The average Bonchev–Trinajstić information content (AvgIpc) is 2.33. The van der Waals surface area contributed by atoms with E-state index in [1.807, 2.05) is 24.3 Å². The van der Waals surface area contributed by atoms with Gasteiger partial charge >= 0.3 is 0 Å². The normalized spacial score (nSPS) is 18.9. The minimum Gasteiger partial charge on any atom is -0.399 e. The Kier molecular flexibility index (Phi) is 4.23. The summed E-state index contributed by atoms with van der Waals surface area (Å²) in [6.07, 6.45) is 0. The van der Waals surface area contributed by atoms with Crippen LogP contribution in [0.4, 0.5) is 11.4 Å². The lowest BCUT2D eigenvalue weighted by atomic mass is 10.2. The van der Waals surface area contributed by atoms with E-state index in [1.165, 1.54) is 0 Å². The van der Waals surface area contributed by atoms with Gasteiger partial charge in [-0.3, -0.25) is 4.90 Å². The topological polar surface area (TPSA) is 50.5 Å². The molecule has 17 heavy (non-hydrogen) atoms. The van der Waals surface area contributed by atoms with E-state index in [1.54, 1.807) is 0 Å². The molecule has 1 atom stereocenters. The molecule has 1 aromatic carbocycles. The molecule has 1 heterocycles. The molecule has 4 heteroatoms. The molecule has 0 saturated carbocycles. The van der Waals surface area contributed by atoms with Crippen LogP contribution in [0.25, 0.3) is 0 Å². The van der Waals surface area contributed by atoms with Gasteiger partial charge in [0, 0.05) is 37.1 Å². The second-order valence-electron chi connectivity index (χ2n) is 4.58. The van der Waals surface area contributed by atoms with Crippen LogP contribution < -0.4 is 11.1 Å². The number of nitrogen functional groups attached to an aromatic ring is 1. The summed E-state index contributed by atoms with van der Waals surface area (Å²) in [5.41, 5.74) is 7.58. The Labute approximate surface area is 103 Å². The van der Waals surface area contributed by atoms with Crippen LogP contribution in [0.5, 0.6) is 0 Å². The molecule has 0 aliphatic carbocycles. The predicted octanol–water partition coefficient (Wildman–Crippen LogP) is 1.40. The molecule has 1 unspecified atom stereocenters. The van der Waals surface area contributed by atoms with Gasteiger partial charge in [-0.15, -0.1) is 0 Å². The van der Waals surface area contributed by atoms with E-state index in [4.69, 9.17) is 10.5 Å². The van der Waals surface area contributed by atoms with Gasteiger partial charge in [0.15, 0.2) is 0 Å². The van der Waals surface area contributed by atoms with Crippen LogP contribution in [-0.4, -0.2) is 43.8 Å². The fraction of sp³-hybridized carbons (Fsp3) is 0.538. The van der Waals surface area contributed by atoms with Gasteiger partial charge in [0.1, 0.15) is 0 Å². The molecule has 2 rings (SSSR count). The Bertz CT molecular complexity index is 333. The van der Waals surface area contributed by atoms with E-state index in [0.29, 0.717) is 6.04 Å². The third-order valence-electron chi connectivity index (χ3n) is 2.96. The van der Waals surface area contributed by atoms with E-state index in [0.717, 1.165) is 44.2 Å². The number of nitrogens with one attached hydrogen (secondary N) is 1. The lowest BCUT2D eigenvalue weighted by Gasteiger charge is -2.29. The number of benzene rings is 1. The summed E-state index contributed by atoms with van der Waals surface area (Å²) in [4.78, 5) is 2.43. The number of rotatable bonds is 4. The molecule has 1 aliphatic heterocycles. The van der Waals surface area contributed by atoms with Crippen molar-refractivity contribution in [3.63, 3.8) is 0 Å². The Balaban J connectivity index is 1.79. The number of nitrogens with two attached hydrogens (primary N) is 1. The van der Waals surface area contributed by atoms with Crippen LogP contribution in [0.15, 0.2) is 24.3 Å². The monoisotopic (exact) mass is 235 g/mol. The van der Waals surface area contributed by atoms with Crippen LogP contribution in [-0.2, 0) is 4.74 Å². The Morgan fingerprint density at radius 2 is 1.94 bits per heavy atom. The van der Waals surface area contributed by atoms with Gasteiger partial charge in [-0.1, -0.05) is 0 Å². The SMILES string of the molecule is CC(CN1CCOCC1)Nc1ccc(N)cc1. The molecule has 0 amide bonds. The average molecular weight is 235 g/mol. The standard InChI is InChI=1S/C13H21N3O/c1-11(10-16-6-8-17-9-7-16)15-13-4-2-12(14)3-5-13/h2-5,11,15H,6-10,14H2,1H3. The summed E-state index contributed by atoms with van der Waals surface area (Å²) < 4.78 is 5.34. The fourth-order valence-corrected chi connectivity index (χ4v) is 2.08. The lowest BCUT2D eigenvalue weighted by molar-refractivity contribution is 0.0368. The van der Waals surface area contributed by atoms with Gasteiger partial charge < -0.3 is 15.8 Å². The number of morpholine rings is 1. The first kappa shape index (κ1) is 12.2. The highest BCUT2D eigenvalue weighted by atomic mass is 16.5. The molecule has 1 saturated heterocycles. The summed E-state index contributed by atoms with van der Waals surface area (Å²) in [6.45, 7) is 7.03. The van der Waals surface area contributed by atoms with Gasteiger partial charge in [-0.2, -0.15) is 0 Å². The largest absolute Gasteiger partial charge is 0.399 e. The van der Waals surface area contributed by atoms with Crippen molar-refractivity contribution in [1.29, 1.82) is 0 Å². The third kappa shape index (κ3) is 3.91. The van der Waals surface area contributed by atoms with Gasteiger partial charge in [0.25, 0.3) is 0 Å². The molecule has 0 radical (unpaired) electrons. The van der Waals surface area contributed by atoms with E-state index >= 15 is 0 Å². The van der Waals surface area contributed by atoms with Crippen LogP contribution >= 0.6 is 0 Å². The van der Waals surface area contributed by atoms with E-state index < -0.39 is 0 Å². The zero-order valence-electron chi connectivity index (χ0n) is 10.4. The minimum absolute atomic E-state index is 0.428. The number of anilines is 2. The highest BCUT2D eigenvalue weighted by Gasteiger charge is 2.13. The molecular formula is C13H21N3O. The first-order chi connectivity index (χ1) is 8.24. The number of ether oxygens (including phenoxy) is 1. The Morgan fingerprint density at radius 1 is 1.29 bits per heavy atom. The first-order valence-electron chi connectivity index (χ1n) is 6.16. The Hall–Kier alpha value is -1.26. The fourth-order valence-electron chi connectivity index (χ4n) is 2.08. The van der Waals surface area contributed by atoms with Crippen LogP contribution in [0.2, 0.25) is 0 Å². The molecule has 4 nitrogen and oxygen atoms in total. The maximum atomic E-state index is 5.66. The van der Waals surface area contributed by atoms with E-state index in [9.17, 15) is 0 Å². The zero-order valence-corrected chi connectivity index (χ0v) is 10.4. The van der Waals surface area contributed by atoms with Gasteiger partial charge in [-0.25, -0.2) is 0 Å². The molecule has 1 fully saturated rings. The summed E-state index contributed by atoms with van der Waals surface area (Å²) >= 11 is 0. The highest BCUT2D eigenvalue weighted by Crippen LogP contribution is 2.12. The lowest BCUT2D eigenvalue weighted by Crippen LogP contribution is -2.42. The molecule has 94 valence electrons. The van der Waals surface area contributed by atoms with Crippen LogP contribution in [0.3, 0.4) is 0 Å². The molecular weight excluding hydrogens is 214 g/mol. The Morgan fingerprint density at radius 3 is 2.59 bits per heavy atom. The van der Waals surface area contributed by atoms with Gasteiger partial charge in [-0.05, 0) is 31.2 Å². The molecule has 1 aromatic rings. The van der Waals surface area contributed by atoms with Crippen molar-refractivity contribution in [1.82, 2.24) is 4.90 Å². The highest BCUT2D eigenvalue weighted by molar-refractivity contribution is 5.51. The number of hydrogen-bond acceptors (Lipinski definition) is 4. The molecule has 1 aliphatic rings. The number of nitrogens with zero attached hydrogens (tertiary/aromatic N) is 1. The summed E-state index contributed by atoms with van der Waals surface area (Å²) in [6, 6.07) is 8.31. The van der Waals surface area contributed by atoms with Gasteiger partial charge in [0.2, 0.25) is 0 Å². The van der Waals surface area contributed by atoms with Crippen molar-refractivity contribution in [2.75, 3.05) is 43.9 Å². The molecule has 0 spiro atoms. The third-order valence-corrected chi connectivity index (χ3v) is 2.96. The van der Waals surface area contributed by atoms with Crippen molar-refractivity contribution in [2.45, 2.75) is 13.0 Å². The predicted molar refractivity (Wildman–Crippen MR) is 71.2 cm³/mol. The van der Waals surface area contributed by atoms with Crippen molar-refractivity contribution in [2.24, 2.45) is 0 Å². The maximum absolute atomic E-state index is 5.66. The van der Waals surface area contributed by atoms with E-state index in [-0.39, 0.29) is 0 Å².